The Bertz CT molecular complexity index is 321. The Morgan fingerprint density at radius 2 is 1.75 bits per heavy atom. The van der Waals surface area contributed by atoms with Crippen molar-refractivity contribution < 1.29 is 9.59 Å². The van der Waals surface area contributed by atoms with Gasteiger partial charge in [-0.3, -0.25) is 9.59 Å². The maximum atomic E-state index is 11.4. The highest BCUT2D eigenvalue weighted by atomic mass is 127. The van der Waals surface area contributed by atoms with Crippen molar-refractivity contribution >= 4 is 41.8 Å². The number of aliphatic imine (C=N–C) groups is 1. The number of nitrogens with zero attached hydrogens (tertiary/aromatic N) is 2. The van der Waals surface area contributed by atoms with Crippen LogP contribution in [0.3, 0.4) is 0 Å². The van der Waals surface area contributed by atoms with Crippen molar-refractivity contribution in [2.24, 2.45) is 4.99 Å². The van der Waals surface area contributed by atoms with Gasteiger partial charge in [-0.15, -0.1) is 24.0 Å². The van der Waals surface area contributed by atoms with Crippen LogP contribution in [0.1, 0.15) is 20.3 Å². The average molecular weight is 399 g/mol. The highest BCUT2D eigenvalue weighted by molar-refractivity contribution is 14.0. The summed E-state index contributed by atoms with van der Waals surface area (Å²) in [5.41, 5.74) is 0. The van der Waals surface area contributed by atoms with Crippen molar-refractivity contribution in [2.45, 2.75) is 20.3 Å². The monoisotopic (exact) mass is 399 g/mol. The van der Waals surface area contributed by atoms with E-state index >= 15 is 0 Å². The maximum Gasteiger partial charge on any atom is 0.241 e. The number of carbonyl (C=O) groups is 2. The fourth-order valence-corrected chi connectivity index (χ4v) is 1.13. The second-order valence-corrected chi connectivity index (χ2v) is 4.19. The van der Waals surface area contributed by atoms with Crippen LogP contribution in [0.2, 0.25) is 0 Å². The molecule has 0 saturated heterocycles. The van der Waals surface area contributed by atoms with Crippen LogP contribution in [0.4, 0.5) is 0 Å². The molecule has 0 bridgehead atoms. The van der Waals surface area contributed by atoms with Gasteiger partial charge in [0.2, 0.25) is 11.8 Å². The first-order chi connectivity index (χ1) is 9.01. The van der Waals surface area contributed by atoms with E-state index in [1.54, 1.807) is 14.1 Å². The zero-order valence-electron chi connectivity index (χ0n) is 12.7. The molecule has 0 aliphatic heterocycles. The molecule has 0 fully saturated rings. The quantitative estimate of drug-likeness (QED) is 0.314. The number of hydrogen-bond donors (Lipinski definition) is 3. The van der Waals surface area contributed by atoms with Crippen LogP contribution >= 0.6 is 24.0 Å². The minimum atomic E-state index is -0.127. The van der Waals surface area contributed by atoms with E-state index in [2.05, 4.69) is 20.9 Å². The molecule has 0 rings (SSSR count). The third kappa shape index (κ3) is 10.8. The van der Waals surface area contributed by atoms with Crippen LogP contribution in [-0.2, 0) is 9.59 Å². The average Bonchev–Trinajstić information content (AvgIpc) is 2.38. The maximum absolute atomic E-state index is 11.4. The molecule has 7 nitrogen and oxygen atoms in total. The highest BCUT2D eigenvalue weighted by Crippen LogP contribution is 1.79. The molecule has 0 aromatic carbocycles. The highest BCUT2D eigenvalue weighted by Gasteiger charge is 2.06. The second-order valence-electron chi connectivity index (χ2n) is 4.19. The smallest absolute Gasteiger partial charge is 0.241 e. The van der Waals surface area contributed by atoms with E-state index in [4.69, 9.17) is 0 Å². The lowest BCUT2D eigenvalue weighted by Gasteiger charge is -2.14. The zero-order chi connectivity index (χ0) is 14.7. The van der Waals surface area contributed by atoms with Crippen molar-refractivity contribution in [3.05, 3.63) is 0 Å². The van der Waals surface area contributed by atoms with Gasteiger partial charge in [-0.05, 0) is 13.3 Å². The molecule has 0 atom stereocenters. The molecule has 8 heteroatoms. The summed E-state index contributed by atoms with van der Waals surface area (Å²) in [5.74, 6) is 0.281. The fourth-order valence-electron chi connectivity index (χ4n) is 1.13. The lowest BCUT2D eigenvalue weighted by atomic mass is 10.4. The molecule has 0 aromatic heterocycles. The van der Waals surface area contributed by atoms with Gasteiger partial charge < -0.3 is 20.9 Å². The lowest BCUT2D eigenvalue weighted by molar-refractivity contribution is -0.127. The van der Waals surface area contributed by atoms with E-state index in [9.17, 15) is 9.59 Å². The van der Waals surface area contributed by atoms with Gasteiger partial charge in [0.15, 0.2) is 5.96 Å². The van der Waals surface area contributed by atoms with E-state index < -0.39 is 0 Å². The van der Waals surface area contributed by atoms with Gasteiger partial charge in [0.25, 0.3) is 0 Å². The van der Waals surface area contributed by atoms with Crippen molar-refractivity contribution in [3.8, 4) is 0 Å². The van der Waals surface area contributed by atoms with Gasteiger partial charge in [-0.25, -0.2) is 4.99 Å². The van der Waals surface area contributed by atoms with E-state index in [1.165, 1.54) is 4.90 Å². The molecule has 0 heterocycles. The molecular formula is C12H26IN5O2. The SMILES string of the molecule is CCCNC(=O)CN=C(NCC)NCC(=O)N(C)C.I. The number of halogens is 1. The van der Waals surface area contributed by atoms with Crippen LogP contribution in [0.25, 0.3) is 0 Å². The van der Waals surface area contributed by atoms with Crippen molar-refractivity contribution in [2.75, 3.05) is 40.3 Å². The van der Waals surface area contributed by atoms with E-state index in [-0.39, 0.29) is 48.9 Å². The number of nitrogens with one attached hydrogen (secondary N) is 3. The molecule has 0 aromatic rings. The molecule has 0 unspecified atom stereocenters. The Morgan fingerprint density at radius 1 is 1.10 bits per heavy atom. The lowest BCUT2D eigenvalue weighted by Crippen LogP contribution is -2.43. The summed E-state index contributed by atoms with van der Waals surface area (Å²) in [6.07, 6.45) is 0.894. The minimum absolute atomic E-state index is 0. The number of likely N-dealkylation sites (N-methyl/N-ethyl adjacent to an activating group) is 1. The summed E-state index contributed by atoms with van der Waals surface area (Å²) in [5, 5.41) is 8.59. The normalized spacial score (nSPS) is 10.3. The Morgan fingerprint density at radius 3 is 2.25 bits per heavy atom. The number of guanidine groups is 1. The van der Waals surface area contributed by atoms with Gasteiger partial charge in [0, 0.05) is 27.2 Å². The Labute approximate surface area is 138 Å². The zero-order valence-corrected chi connectivity index (χ0v) is 15.0. The van der Waals surface area contributed by atoms with Gasteiger partial charge >= 0.3 is 0 Å². The molecular weight excluding hydrogens is 373 g/mol. The summed E-state index contributed by atoms with van der Waals surface area (Å²) in [7, 11) is 3.37. The molecule has 118 valence electrons. The minimum Gasteiger partial charge on any atom is -0.357 e. The predicted octanol–water partition coefficient (Wildman–Crippen LogP) is -0.226. The first-order valence-electron chi connectivity index (χ1n) is 6.50. The number of carbonyl (C=O) groups excluding carboxylic acids is 2. The summed E-state index contributed by atoms with van der Waals surface area (Å²) >= 11 is 0. The molecule has 0 aliphatic rings. The van der Waals surface area contributed by atoms with Gasteiger partial charge in [-0.1, -0.05) is 6.92 Å². The molecule has 0 saturated carbocycles. The van der Waals surface area contributed by atoms with Crippen molar-refractivity contribution in [1.29, 1.82) is 0 Å². The molecule has 3 N–H and O–H groups in total. The van der Waals surface area contributed by atoms with Crippen LogP contribution < -0.4 is 16.0 Å². The Kier molecular flexibility index (Phi) is 13.8. The first-order valence-corrected chi connectivity index (χ1v) is 6.50. The summed E-state index contributed by atoms with van der Waals surface area (Å²) < 4.78 is 0. The third-order valence-corrected chi connectivity index (χ3v) is 2.20. The van der Waals surface area contributed by atoms with Gasteiger partial charge in [-0.2, -0.15) is 0 Å². The van der Waals surface area contributed by atoms with Crippen molar-refractivity contribution in [3.63, 3.8) is 0 Å². The third-order valence-electron chi connectivity index (χ3n) is 2.20. The first kappa shape index (κ1) is 21.2. The van der Waals surface area contributed by atoms with Crippen molar-refractivity contribution in [1.82, 2.24) is 20.9 Å². The molecule has 0 aliphatic carbocycles. The summed E-state index contributed by atoms with van der Waals surface area (Å²) in [6.45, 7) is 5.42. The Balaban J connectivity index is 0. The summed E-state index contributed by atoms with van der Waals surface area (Å²) in [6, 6.07) is 0. The number of rotatable bonds is 7. The molecule has 2 amide bonds. The second kappa shape index (κ2) is 12.9. The van der Waals surface area contributed by atoms with Crippen LogP contribution in [-0.4, -0.2) is 62.9 Å². The largest absolute Gasteiger partial charge is 0.357 e. The predicted molar refractivity (Wildman–Crippen MR) is 91.4 cm³/mol. The van der Waals surface area contributed by atoms with Gasteiger partial charge in [0.05, 0.1) is 6.54 Å². The molecule has 0 spiro atoms. The van der Waals surface area contributed by atoms with E-state index in [0.717, 1.165) is 6.42 Å². The van der Waals surface area contributed by atoms with Crippen LogP contribution in [0.5, 0.6) is 0 Å². The van der Waals surface area contributed by atoms with Gasteiger partial charge in [0.1, 0.15) is 6.54 Å². The molecule has 20 heavy (non-hydrogen) atoms. The van der Waals surface area contributed by atoms with E-state index in [0.29, 0.717) is 19.0 Å². The molecule has 0 radical (unpaired) electrons. The topological polar surface area (TPSA) is 85.8 Å². The number of hydrogen-bond acceptors (Lipinski definition) is 3. The standard InChI is InChI=1S/C12H25N5O2.HI/c1-5-7-14-10(18)8-15-12(13-6-2)16-9-11(19)17(3)4;/h5-9H2,1-4H3,(H,14,18)(H2,13,15,16);1H. The van der Waals surface area contributed by atoms with Crippen LogP contribution in [0.15, 0.2) is 4.99 Å². The Hall–Kier alpha value is -1.06. The van der Waals surface area contributed by atoms with Crippen LogP contribution in [0, 0.1) is 0 Å². The van der Waals surface area contributed by atoms with E-state index in [1.807, 2.05) is 13.8 Å². The summed E-state index contributed by atoms with van der Waals surface area (Å²) in [4.78, 5) is 28.4. The fraction of sp³-hybridized carbons (Fsp3) is 0.750. The number of amides is 2.